The molecule has 1 fully saturated rings. The van der Waals surface area contributed by atoms with E-state index in [-0.39, 0.29) is 12.6 Å². The second kappa shape index (κ2) is 6.85. The highest BCUT2D eigenvalue weighted by atomic mass is 16.3. The summed E-state index contributed by atoms with van der Waals surface area (Å²) in [5.74, 6) is 7.92. The van der Waals surface area contributed by atoms with Crippen molar-refractivity contribution in [3.8, 4) is 0 Å². The molecule has 1 saturated heterocycles. The van der Waals surface area contributed by atoms with Crippen LogP contribution in [0.15, 0.2) is 0 Å². The maximum Gasteiger partial charge on any atom is 0.148 e. The first-order chi connectivity index (χ1) is 9.71. The zero-order valence-electron chi connectivity index (χ0n) is 12.4. The van der Waals surface area contributed by atoms with Crippen LogP contribution in [-0.2, 0) is 6.42 Å². The van der Waals surface area contributed by atoms with Gasteiger partial charge < -0.3 is 15.4 Å². The van der Waals surface area contributed by atoms with Crippen LogP contribution in [0.5, 0.6) is 0 Å². The fourth-order valence-corrected chi connectivity index (χ4v) is 2.77. The predicted octanol–water partition coefficient (Wildman–Crippen LogP) is 1.37. The monoisotopic (exact) mass is 279 g/mol. The van der Waals surface area contributed by atoms with Gasteiger partial charge in [-0.15, -0.1) is 0 Å². The van der Waals surface area contributed by atoms with Gasteiger partial charge >= 0.3 is 0 Å². The number of aromatic nitrogens is 2. The number of nitrogens with two attached hydrogens (primary N) is 1. The van der Waals surface area contributed by atoms with Crippen molar-refractivity contribution in [2.75, 3.05) is 23.5 Å². The van der Waals surface area contributed by atoms with Crippen LogP contribution in [0.1, 0.15) is 44.0 Å². The van der Waals surface area contributed by atoms with Crippen LogP contribution >= 0.6 is 0 Å². The number of nitrogen functional groups attached to an aromatic ring is 1. The van der Waals surface area contributed by atoms with Crippen molar-refractivity contribution in [3.05, 3.63) is 11.4 Å². The Morgan fingerprint density at radius 3 is 2.80 bits per heavy atom. The van der Waals surface area contributed by atoms with Crippen LogP contribution in [0, 0.1) is 6.92 Å². The van der Waals surface area contributed by atoms with Crippen molar-refractivity contribution in [1.29, 1.82) is 0 Å². The van der Waals surface area contributed by atoms with E-state index >= 15 is 0 Å². The van der Waals surface area contributed by atoms with Gasteiger partial charge in [-0.1, -0.05) is 19.8 Å². The van der Waals surface area contributed by atoms with E-state index in [9.17, 15) is 5.11 Å². The molecule has 0 aliphatic carbocycles. The first-order valence-electron chi connectivity index (χ1n) is 7.42. The minimum Gasteiger partial charge on any atom is -0.394 e. The van der Waals surface area contributed by atoms with Crippen LogP contribution in [0.25, 0.3) is 0 Å². The maximum atomic E-state index is 9.67. The number of nitrogens with one attached hydrogen (secondary N) is 1. The van der Waals surface area contributed by atoms with E-state index in [1.807, 2.05) is 13.8 Å². The molecular weight excluding hydrogens is 254 g/mol. The normalized spacial score (nSPS) is 19.8. The van der Waals surface area contributed by atoms with Gasteiger partial charge in [0.05, 0.1) is 12.6 Å². The fourth-order valence-electron chi connectivity index (χ4n) is 2.77. The molecule has 20 heavy (non-hydrogen) atoms. The summed E-state index contributed by atoms with van der Waals surface area (Å²) < 4.78 is 0. The number of rotatable bonds is 4. The van der Waals surface area contributed by atoms with E-state index < -0.39 is 0 Å². The van der Waals surface area contributed by atoms with Gasteiger partial charge in [0.1, 0.15) is 17.5 Å². The Bertz CT molecular complexity index is 451. The largest absolute Gasteiger partial charge is 0.394 e. The molecule has 0 radical (unpaired) electrons. The molecule has 0 aromatic carbocycles. The molecule has 6 heteroatoms. The zero-order chi connectivity index (χ0) is 14.5. The maximum absolute atomic E-state index is 9.67. The summed E-state index contributed by atoms with van der Waals surface area (Å²) in [6.45, 7) is 5.09. The lowest BCUT2D eigenvalue weighted by Crippen LogP contribution is -2.39. The molecule has 0 spiro atoms. The first kappa shape index (κ1) is 15.0. The summed E-state index contributed by atoms with van der Waals surface area (Å²) in [6, 6.07) is 0.140. The van der Waals surface area contributed by atoms with E-state index in [1.165, 1.54) is 6.42 Å². The van der Waals surface area contributed by atoms with Gasteiger partial charge in [-0.05, 0) is 19.8 Å². The van der Waals surface area contributed by atoms with Gasteiger partial charge in [0, 0.05) is 18.5 Å². The van der Waals surface area contributed by atoms with Crippen molar-refractivity contribution >= 4 is 11.6 Å². The summed E-state index contributed by atoms with van der Waals surface area (Å²) >= 11 is 0. The second-order valence-electron chi connectivity index (χ2n) is 5.31. The van der Waals surface area contributed by atoms with E-state index in [0.29, 0.717) is 5.82 Å². The Kier molecular flexibility index (Phi) is 5.14. The molecule has 1 aromatic heterocycles. The molecule has 1 aromatic rings. The number of anilines is 2. The predicted molar refractivity (Wildman–Crippen MR) is 80.6 cm³/mol. The van der Waals surface area contributed by atoms with Gasteiger partial charge in [-0.25, -0.2) is 15.8 Å². The Morgan fingerprint density at radius 2 is 2.15 bits per heavy atom. The highest BCUT2D eigenvalue weighted by Crippen LogP contribution is 2.28. The highest BCUT2D eigenvalue weighted by molar-refractivity contribution is 5.58. The quantitative estimate of drug-likeness (QED) is 0.570. The van der Waals surface area contributed by atoms with Crippen molar-refractivity contribution in [2.24, 2.45) is 5.84 Å². The van der Waals surface area contributed by atoms with Crippen molar-refractivity contribution in [3.63, 3.8) is 0 Å². The van der Waals surface area contributed by atoms with E-state index in [2.05, 4.69) is 20.3 Å². The number of hydrogen-bond donors (Lipinski definition) is 3. The van der Waals surface area contributed by atoms with Crippen LogP contribution < -0.4 is 16.2 Å². The number of hydrogen-bond acceptors (Lipinski definition) is 6. The third-order valence-electron chi connectivity index (χ3n) is 3.98. The van der Waals surface area contributed by atoms with Gasteiger partial charge in [0.15, 0.2) is 0 Å². The minimum atomic E-state index is 0.140. The topological polar surface area (TPSA) is 87.3 Å². The van der Waals surface area contributed by atoms with E-state index in [0.717, 1.165) is 49.4 Å². The third-order valence-corrected chi connectivity index (χ3v) is 3.98. The van der Waals surface area contributed by atoms with Crippen molar-refractivity contribution in [2.45, 2.75) is 52.0 Å². The van der Waals surface area contributed by atoms with Gasteiger partial charge in [0.2, 0.25) is 0 Å². The zero-order valence-corrected chi connectivity index (χ0v) is 12.4. The van der Waals surface area contributed by atoms with Crippen molar-refractivity contribution < 1.29 is 5.11 Å². The fraction of sp³-hybridized carbons (Fsp3) is 0.714. The Labute approximate surface area is 120 Å². The molecule has 0 bridgehead atoms. The molecule has 1 aliphatic heterocycles. The minimum absolute atomic E-state index is 0.140. The molecule has 1 aliphatic rings. The summed E-state index contributed by atoms with van der Waals surface area (Å²) in [6.07, 6.45) is 5.27. The molecule has 0 amide bonds. The summed E-state index contributed by atoms with van der Waals surface area (Å²) in [5, 5.41) is 9.67. The molecule has 1 unspecified atom stereocenters. The smallest absolute Gasteiger partial charge is 0.148 e. The van der Waals surface area contributed by atoms with Gasteiger partial charge in [-0.2, -0.15) is 0 Å². The number of hydrazine groups is 1. The summed E-state index contributed by atoms with van der Waals surface area (Å²) in [7, 11) is 0. The standard InChI is InChI=1S/C14H25N5O/c1-3-12-16-13(18-15)10(2)14(17-12)19-8-6-4-5-7-11(19)9-20/h11,20H,3-9,15H2,1-2H3,(H,16,17,18). The molecule has 2 rings (SSSR count). The van der Waals surface area contributed by atoms with Crippen LogP contribution in [-0.4, -0.2) is 34.3 Å². The average Bonchev–Trinajstić information content (AvgIpc) is 2.72. The molecule has 6 nitrogen and oxygen atoms in total. The van der Waals surface area contributed by atoms with E-state index in [1.54, 1.807) is 0 Å². The third kappa shape index (κ3) is 3.02. The molecular formula is C14H25N5O. The lowest BCUT2D eigenvalue weighted by Gasteiger charge is -2.31. The molecule has 4 N–H and O–H groups in total. The SMILES string of the molecule is CCc1nc(NN)c(C)c(N2CCCCCC2CO)n1. The molecule has 112 valence electrons. The Morgan fingerprint density at radius 1 is 1.35 bits per heavy atom. The van der Waals surface area contributed by atoms with Crippen LogP contribution in [0.4, 0.5) is 11.6 Å². The Balaban J connectivity index is 2.42. The molecule has 2 heterocycles. The van der Waals surface area contributed by atoms with Gasteiger partial charge in [0.25, 0.3) is 0 Å². The number of aliphatic hydroxyl groups excluding tert-OH is 1. The summed E-state index contributed by atoms with van der Waals surface area (Å²) in [5.41, 5.74) is 3.61. The number of nitrogens with zero attached hydrogens (tertiary/aromatic N) is 3. The lowest BCUT2D eigenvalue weighted by molar-refractivity contribution is 0.254. The second-order valence-corrected chi connectivity index (χ2v) is 5.31. The lowest BCUT2D eigenvalue weighted by atomic mass is 10.1. The van der Waals surface area contributed by atoms with Crippen LogP contribution in [0.3, 0.4) is 0 Å². The Hall–Kier alpha value is -1.40. The molecule has 1 atom stereocenters. The van der Waals surface area contributed by atoms with Gasteiger partial charge in [-0.3, -0.25) is 0 Å². The number of aliphatic hydroxyl groups is 1. The number of aryl methyl sites for hydroxylation is 1. The average molecular weight is 279 g/mol. The van der Waals surface area contributed by atoms with Crippen LogP contribution in [0.2, 0.25) is 0 Å². The first-order valence-corrected chi connectivity index (χ1v) is 7.42. The highest BCUT2D eigenvalue weighted by Gasteiger charge is 2.24. The van der Waals surface area contributed by atoms with Crippen molar-refractivity contribution in [1.82, 2.24) is 9.97 Å². The summed E-state index contributed by atoms with van der Waals surface area (Å²) in [4.78, 5) is 11.3. The van der Waals surface area contributed by atoms with E-state index in [4.69, 9.17) is 5.84 Å². The molecule has 0 saturated carbocycles.